The topological polar surface area (TPSA) is 86.0 Å². The Balaban J connectivity index is 2.43. The highest BCUT2D eigenvalue weighted by molar-refractivity contribution is 5.99. The number of carbonyl (C=O) groups is 1. The normalized spacial score (nSPS) is 14.8. The highest BCUT2D eigenvalue weighted by atomic mass is 16.5. The summed E-state index contributed by atoms with van der Waals surface area (Å²) in [6, 6.07) is 1.42. The summed E-state index contributed by atoms with van der Waals surface area (Å²) in [6.45, 7) is 7.41. The molecule has 1 aliphatic rings. The summed E-state index contributed by atoms with van der Waals surface area (Å²) >= 11 is 0. The van der Waals surface area contributed by atoms with Crippen LogP contribution in [0.2, 0.25) is 0 Å². The molecule has 0 amide bonds. The largest absolute Gasteiger partial charge is 0.504 e. The number of phenolic OH excluding ortho intramolecular Hbond substituents is 1. The van der Waals surface area contributed by atoms with Gasteiger partial charge in [0.05, 0.1) is 10.9 Å². The predicted octanol–water partition coefficient (Wildman–Crippen LogP) is 3.95. The Morgan fingerprint density at radius 3 is 2.69 bits per heavy atom. The lowest BCUT2D eigenvalue weighted by atomic mass is 9.96. The third kappa shape index (κ3) is 3.07. The predicted molar refractivity (Wildman–Crippen MR) is 97.8 cm³/mol. The zero-order chi connectivity index (χ0) is 19.1. The molecule has 0 saturated heterocycles. The van der Waals surface area contributed by atoms with Crippen LogP contribution in [-0.4, -0.2) is 16.7 Å². The first-order valence-corrected chi connectivity index (χ1v) is 8.72. The van der Waals surface area contributed by atoms with Crippen molar-refractivity contribution in [3.63, 3.8) is 0 Å². The third-order valence-corrected chi connectivity index (χ3v) is 4.23. The van der Waals surface area contributed by atoms with Gasteiger partial charge in [0, 0.05) is 12.5 Å². The lowest BCUT2D eigenvalue weighted by Crippen LogP contribution is -2.28. The van der Waals surface area contributed by atoms with Gasteiger partial charge in [-0.05, 0) is 38.0 Å². The standard InChI is InChI=1S/C20H22O6/c1-5-7-11-10-14(22)25-18-15(11)17-12(8-9-20(3,4)26-17)16(23)19(18)24-13(21)6-2/h8-10,23H,5-7H2,1-4H3. The molecule has 0 atom stereocenters. The van der Waals surface area contributed by atoms with Crippen LogP contribution in [0.5, 0.6) is 17.2 Å². The van der Waals surface area contributed by atoms with E-state index in [-0.39, 0.29) is 23.5 Å². The van der Waals surface area contributed by atoms with Crippen LogP contribution >= 0.6 is 0 Å². The molecule has 6 heteroatoms. The molecule has 0 spiro atoms. The second-order valence-corrected chi connectivity index (χ2v) is 6.83. The van der Waals surface area contributed by atoms with Gasteiger partial charge in [-0.15, -0.1) is 0 Å². The van der Waals surface area contributed by atoms with Gasteiger partial charge in [0.1, 0.15) is 11.4 Å². The molecule has 6 nitrogen and oxygen atoms in total. The molecule has 26 heavy (non-hydrogen) atoms. The molecule has 138 valence electrons. The van der Waals surface area contributed by atoms with Crippen LogP contribution in [-0.2, 0) is 11.2 Å². The molecular formula is C20H22O6. The average Bonchev–Trinajstić information content (AvgIpc) is 2.57. The van der Waals surface area contributed by atoms with Gasteiger partial charge in [-0.1, -0.05) is 20.3 Å². The molecule has 2 aromatic rings. The maximum atomic E-state index is 12.0. The van der Waals surface area contributed by atoms with Gasteiger partial charge in [0.15, 0.2) is 11.3 Å². The van der Waals surface area contributed by atoms with Gasteiger partial charge >= 0.3 is 11.6 Å². The first-order chi connectivity index (χ1) is 12.3. The van der Waals surface area contributed by atoms with E-state index in [1.54, 1.807) is 13.0 Å². The number of carbonyl (C=O) groups excluding carboxylic acids is 1. The number of phenols is 1. The molecule has 2 heterocycles. The second kappa shape index (κ2) is 6.52. The van der Waals surface area contributed by atoms with Gasteiger partial charge in [-0.3, -0.25) is 4.79 Å². The van der Waals surface area contributed by atoms with Gasteiger partial charge in [-0.2, -0.15) is 0 Å². The van der Waals surface area contributed by atoms with Crippen LogP contribution in [0.1, 0.15) is 51.7 Å². The van der Waals surface area contributed by atoms with Crippen LogP contribution in [0.15, 0.2) is 21.4 Å². The fourth-order valence-electron chi connectivity index (χ4n) is 3.01. The lowest BCUT2D eigenvalue weighted by molar-refractivity contribution is -0.134. The van der Waals surface area contributed by atoms with E-state index in [0.717, 1.165) is 12.0 Å². The number of aromatic hydroxyl groups is 1. The van der Waals surface area contributed by atoms with Crippen molar-refractivity contribution in [2.24, 2.45) is 0 Å². The van der Waals surface area contributed by atoms with E-state index in [1.165, 1.54) is 6.07 Å². The zero-order valence-corrected chi connectivity index (χ0v) is 15.3. The number of aryl methyl sites for hydroxylation is 1. The molecule has 0 aliphatic carbocycles. The fraction of sp³-hybridized carbons (Fsp3) is 0.400. The molecule has 1 aromatic carbocycles. The minimum absolute atomic E-state index is 0.0325. The number of rotatable bonds is 4. The Morgan fingerprint density at radius 1 is 1.31 bits per heavy atom. The monoisotopic (exact) mass is 358 g/mol. The van der Waals surface area contributed by atoms with Crippen molar-refractivity contribution >= 4 is 23.0 Å². The fourth-order valence-corrected chi connectivity index (χ4v) is 3.01. The van der Waals surface area contributed by atoms with Crippen LogP contribution in [0.3, 0.4) is 0 Å². The number of benzene rings is 1. The van der Waals surface area contributed by atoms with Gasteiger partial charge in [0.2, 0.25) is 5.75 Å². The van der Waals surface area contributed by atoms with Crippen LogP contribution in [0.25, 0.3) is 17.0 Å². The summed E-state index contributed by atoms with van der Waals surface area (Å²) < 4.78 is 16.7. The SMILES string of the molecule is CCCc1cc(=O)oc2c(OC(=O)CC)c(O)c3c(c12)OC(C)(C)C=C3. The van der Waals surface area contributed by atoms with Crippen molar-refractivity contribution in [3.8, 4) is 17.2 Å². The van der Waals surface area contributed by atoms with E-state index in [1.807, 2.05) is 26.8 Å². The summed E-state index contributed by atoms with van der Waals surface area (Å²) in [6.07, 6.45) is 5.09. The van der Waals surface area contributed by atoms with Crippen molar-refractivity contribution in [1.29, 1.82) is 0 Å². The van der Waals surface area contributed by atoms with Gasteiger partial charge in [0.25, 0.3) is 0 Å². The summed E-state index contributed by atoms with van der Waals surface area (Å²) in [5, 5.41) is 11.2. The summed E-state index contributed by atoms with van der Waals surface area (Å²) in [5.74, 6) is -0.536. The Hall–Kier alpha value is -2.76. The highest BCUT2D eigenvalue weighted by Crippen LogP contribution is 2.49. The number of hydrogen-bond donors (Lipinski definition) is 1. The maximum Gasteiger partial charge on any atom is 0.336 e. The van der Waals surface area contributed by atoms with Crippen molar-refractivity contribution in [1.82, 2.24) is 0 Å². The quantitative estimate of drug-likeness (QED) is 0.506. The van der Waals surface area contributed by atoms with Gasteiger partial charge in [-0.25, -0.2) is 4.79 Å². The molecule has 0 bridgehead atoms. The van der Waals surface area contributed by atoms with Crippen molar-refractivity contribution < 1.29 is 23.8 Å². The minimum atomic E-state index is -0.590. The average molecular weight is 358 g/mol. The number of fused-ring (bicyclic) bond motifs is 3. The van der Waals surface area contributed by atoms with E-state index in [9.17, 15) is 14.7 Å². The highest BCUT2D eigenvalue weighted by Gasteiger charge is 2.31. The zero-order valence-electron chi connectivity index (χ0n) is 15.3. The van der Waals surface area contributed by atoms with Crippen molar-refractivity contribution in [2.75, 3.05) is 0 Å². The van der Waals surface area contributed by atoms with Crippen LogP contribution < -0.4 is 15.1 Å². The molecule has 1 aliphatic heterocycles. The molecule has 0 radical (unpaired) electrons. The lowest BCUT2D eigenvalue weighted by Gasteiger charge is -2.30. The number of hydrogen-bond acceptors (Lipinski definition) is 6. The maximum absolute atomic E-state index is 12.0. The van der Waals surface area contributed by atoms with Crippen LogP contribution in [0.4, 0.5) is 0 Å². The smallest absolute Gasteiger partial charge is 0.336 e. The van der Waals surface area contributed by atoms with E-state index in [0.29, 0.717) is 23.1 Å². The molecule has 0 saturated carbocycles. The van der Waals surface area contributed by atoms with E-state index >= 15 is 0 Å². The van der Waals surface area contributed by atoms with E-state index in [2.05, 4.69) is 0 Å². The first kappa shape index (κ1) is 18.0. The Labute approximate surface area is 151 Å². The number of ether oxygens (including phenoxy) is 2. The molecule has 0 unspecified atom stereocenters. The Bertz CT molecular complexity index is 965. The molecule has 0 fully saturated rings. The summed E-state index contributed by atoms with van der Waals surface area (Å²) in [7, 11) is 0. The third-order valence-electron chi connectivity index (χ3n) is 4.23. The van der Waals surface area contributed by atoms with Crippen molar-refractivity contribution in [2.45, 2.75) is 52.6 Å². The molecule has 1 aromatic heterocycles. The molecule has 1 N–H and O–H groups in total. The second-order valence-electron chi connectivity index (χ2n) is 6.83. The van der Waals surface area contributed by atoms with Gasteiger partial charge < -0.3 is 19.0 Å². The minimum Gasteiger partial charge on any atom is -0.504 e. The van der Waals surface area contributed by atoms with E-state index < -0.39 is 17.2 Å². The molecule has 3 rings (SSSR count). The van der Waals surface area contributed by atoms with Crippen molar-refractivity contribution in [3.05, 3.63) is 33.7 Å². The van der Waals surface area contributed by atoms with Crippen LogP contribution in [0, 0.1) is 0 Å². The summed E-state index contributed by atoms with van der Waals surface area (Å²) in [4.78, 5) is 23.9. The summed E-state index contributed by atoms with van der Waals surface area (Å²) in [5.41, 5.74) is 0.00906. The molecular weight excluding hydrogens is 336 g/mol. The Kier molecular flexibility index (Phi) is 4.52. The number of esters is 1. The Morgan fingerprint density at radius 2 is 2.04 bits per heavy atom. The van der Waals surface area contributed by atoms with E-state index in [4.69, 9.17) is 13.9 Å². The first-order valence-electron chi connectivity index (χ1n) is 8.72.